The number of nitrogens with zero attached hydrogens (tertiary/aromatic N) is 4. The second kappa shape index (κ2) is 11.9. The second-order valence-corrected chi connectivity index (χ2v) is 9.71. The van der Waals surface area contributed by atoms with Crippen LogP contribution in [-0.4, -0.2) is 38.9 Å². The molecule has 0 aliphatic carbocycles. The standard InChI is InChI=1S/C30H32N4O5/c1-5-25(32(18-17-20(2)3)29(35)21-11-10-12-22(19-21)34(37)38)28-31-24-14-7-6-13-23(24)30(36)33(28)26-15-8-9-16-27(26)39-4/h6-16,19-20,25H,5,17-18H2,1-4H3. The Morgan fingerprint density at radius 2 is 1.79 bits per heavy atom. The van der Waals surface area contributed by atoms with Crippen molar-refractivity contribution in [2.75, 3.05) is 13.7 Å². The normalized spacial score (nSPS) is 11.9. The highest BCUT2D eigenvalue weighted by molar-refractivity contribution is 5.95. The molecule has 4 aromatic rings. The molecule has 1 aromatic heterocycles. The quantitative estimate of drug-likeness (QED) is 0.186. The fourth-order valence-electron chi connectivity index (χ4n) is 4.68. The highest BCUT2D eigenvalue weighted by Crippen LogP contribution is 2.31. The second-order valence-electron chi connectivity index (χ2n) is 9.71. The maximum Gasteiger partial charge on any atom is 0.270 e. The smallest absolute Gasteiger partial charge is 0.270 e. The number of para-hydroxylation sites is 3. The van der Waals surface area contributed by atoms with E-state index < -0.39 is 11.0 Å². The Bertz CT molecular complexity index is 1560. The van der Waals surface area contributed by atoms with Crippen molar-refractivity contribution >= 4 is 22.5 Å². The van der Waals surface area contributed by atoms with Crippen LogP contribution in [0, 0.1) is 16.0 Å². The molecule has 0 saturated heterocycles. The van der Waals surface area contributed by atoms with Crippen LogP contribution in [0.3, 0.4) is 0 Å². The Labute approximate surface area is 226 Å². The third kappa shape index (κ3) is 5.67. The molecule has 9 heteroatoms. The zero-order valence-electron chi connectivity index (χ0n) is 22.5. The average molecular weight is 529 g/mol. The lowest BCUT2D eigenvalue weighted by Crippen LogP contribution is -2.39. The minimum Gasteiger partial charge on any atom is -0.495 e. The van der Waals surface area contributed by atoms with Crippen molar-refractivity contribution in [3.63, 3.8) is 0 Å². The molecular formula is C30H32N4O5. The molecule has 4 rings (SSSR count). The van der Waals surface area contributed by atoms with Gasteiger partial charge in [-0.05, 0) is 49.1 Å². The van der Waals surface area contributed by atoms with Crippen LogP contribution in [0.2, 0.25) is 0 Å². The number of carbonyl (C=O) groups is 1. The molecule has 202 valence electrons. The van der Waals surface area contributed by atoms with E-state index in [1.54, 1.807) is 41.3 Å². The predicted molar refractivity (Wildman–Crippen MR) is 151 cm³/mol. The summed E-state index contributed by atoms with van der Waals surface area (Å²) in [6.45, 7) is 6.44. The van der Waals surface area contributed by atoms with Gasteiger partial charge in [0.25, 0.3) is 17.2 Å². The number of rotatable bonds is 10. The molecule has 1 heterocycles. The number of nitro groups is 1. The van der Waals surface area contributed by atoms with Gasteiger partial charge < -0.3 is 9.64 Å². The van der Waals surface area contributed by atoms with Crippen LogP contribution in [0.1, 0.15) is 55.8 Å². The summed E-state index contributed by atoms with van der Waals surface area (Å²) in [5, 5.41) is 11.9. The van der Waals surface area contributed by atoms with Crippen molar-refractivity contribution in [2.45, 2.75) is 39.7 Å². The van der Waals surface area contributed by atoms with Gasteiger partial charge in [-0.1, -0.05) is 51.1 Å². The number of hydrogen-bond acceptors (Lipinski definition) is 6. The summed E-state index contributed by atoms with van der Waals surface area (Å²) >= 11 is 0. The third-order valence-corrected chi connectivity index (χ3v) is 6.70. The molecule has 0 fully saturated rings. The van der Waals surface area contributed by atoms with Gasteiger partial charge in [-0.2, -0.15) is 0 Å². The SMILES string of the molecule is CCC(c1nc2ccccc2c(=O)n1-c1ccccc1OC)N(CCC(C)C)C(=O)c1cccc([N+](=O)[O-])c1. The minimum absolute atomic E-state index is 0.160. The molecule has 0 bridgehead atoms. The Hall–Kier alpha value is -4.53. The molecule has 1 amide bonds. The zero-order valence-corrected chi connectivity index (χ0v) is 22.5. The zero-order chi connectivity index (χ0) is 28.1. The number of carbonyl (C=O) groups excluding carboxylic acids is 1. The van der Waals surface area contributed by atoms with Gasteiger partial charge in [0.1, 0.15) is 11.6 Å². The predicted octanol–water partition coefficient (Wildman–Crippen LogP) is 5.94. The van der Waals surface area contributed by atoms with E-state index in [4.69, 9.17) is 9.72 Å². The van der Waals surface area contributed by atoms with Crippen molar-refractivity contribution in [1.29, 1.82) is 0 Å². The summed E-state index contributed by atoms with van der Waals surface area (Å²) in [7, 11) is 1.54. The monoisotopic (exact) mass is 528 g/mol. The lowest BCUT2D eigenvalue weighted by molar-refractivity contribution is -0.384. The Balaban J connectivity index is 1.96. The Morgan fingerprint density at radius 1 is 1.08 bits per heavy atom. The maximum absolute atomic E-state index is 14.0. The van der Waals surface area contributed by atoms with Gasteiger partial charge in [-0.15, -0.1) is 0 Å². The van der Waals surface area contributed by atoms with Crippen LogP contribution in [-0.2, 0) is 0 Å². The number of non-ortho nitro benzene ring substituents is 1. The first-order chi connectivity index (χ1) is 18.8. The maximum atomic E-state index is 14.0. The van der Waals surface area contributed by atoms with Gasteiger partial charge in [-0.25, -0.2) is 4.98 Å². The third-order valence-electron chi connectivity index (χ3n) is 6.70. The first-order valence-corrected chi connectivity index (χ1v) is 13.0. The number of amides is 1. The topological polar surface area (TPSA) is 108 Å². The number of aromatic nitrogens is 2. The van der Waals surface area contributed by atoms with Crippen LogP contribution in [0.5, 0.6) is 5.75 Å². The minimum atomic E-state index is -0.599. The van der Waals surface area contributed by atoms with Gasteiger partial charge in [0.2, 0.25) is 0 Å². The van der Waals surface area contributed by atoms with E-state index in [1.165, 1.54) is 29.9 Å². The number of fused-ring (bicyclic) bond motifs is 1. The van der Waals surface area contributed by atoms with Crippen LogP contribution >= 0.6 is 0 Å². The van der Waals surface area contributed by atoms with Crippen molar-refractivity contribution < 1.29 is 14.5 Å². The van der Waals surface area contributed by atoms with E-state index >= 15 is 0 Å². The van der Waals surface area contributed by atoms with E-state index in [-0.39, 0.29) is 22.7 Å². The fourth-order valence-corrected chi connectivity index (χ4v) is 4.68. The van der Waals surface area contributed by atoms with Crippen LogP contribution in [0.15, 0.2) is 77.6 Å². The van der Waals surface area contributed by atoms with Gasteiger partial charge in [0.05, 0.1) is 34.7 Å². The molecule has 0 saturated carbocycles. The lowest BCUT2D eigenvalue weighted by atomic mass is 10.0. The number of benzene rings is 3. The summed E-state index contributed by atoms with van der Waals surface area (Å²) in [6.07, 6.45) is 1.16. The van der Waals surface area contributed by atoms with Crippen molar-refractivity contribution in [3.8, 4) is 11.4 Å². The molecule has 39 heavy (non-hydrogen) atoms. The summed E-state index contributed by atoms with van der Waals surface area (Å²) in [6, 6.07) is 19.4. The first kappa shape index (κ1) is 27.5. The van der Waals surface area contributed by atoms with E-state index in [0.29, 0.717) is 53.5 Å². The lowest BCUT2D eigenvalue weighted by Gasteiger charge is -2.33. The first-order valence-electron chi connectivity index (χ1n) is 13.0. The molecule has 1 atom stereocenters. The Morgan fingerprint density at radius 3 is 2.49 bits per heavy atom. The highest BCUT2D eigenvalue weighted by Gasteiger charge is 2.31. The average Bonchev–Trinajstić information content (AvgIpc) is 2.95. The molecule has 0 spiro atoms. The van der Waals surface area contributed by atoms with Gasteiger partial charge in [-0.3, -0.25) is 24.3 Å². The van der Waals surface area contributed by atoms with Gasteiger partial charge in [0.15, 0.2) is 0 Å². The van der Waals surface area contributed by atoms with Crippen molar-refractivity contribution in [3.05, 3.63) is 105 Å². The number of hydrogen-bond donors (Lipinski definition) is 0. The molecule has 3 aromatic carbocycles. The van der Waals surface area contributed by atoms with E-state index in [9.17, 15) is 19.7 Å². The molecule has 9 nitrogen and oxygen atoms in total. The summed E-state index contributed by atoms with van der Waals surface area (Å²) in [4.78, 5) is 45.5. The van der Waals surface area contributed by atoms with Gasteiger partial charge in [0, 0.05) is 24.2 Å². The number of ether oxygens (including phenoxy) is 1. The van der Waals surface area contributed by atoms with Crippen molar-refractivity contribution in [2.24, 2.45) is 5.92 Å². The van der Waals surface area contributed by atoms with Crippen LogP contribution in [0.4, 0.5) is 5.69 Å². The van der Waals surface area contributed by atoms with Crippen LogP contribution < -0.4 is 10.3 Å². The molecular weight excluding hydrogens is 496 g/mol. The molecule has 0 aliphatic heterocycles. The van der Waals surface area contributed by atoms with E-state index in [1.807, 2.05) is 25.1 Å². The summed E-state index contributed by atoms with van der Waals surface area (Å²) in [5.74, 6) is 0.823. The van der Waals surface area contributed by atoms with Crippen LogP contribution in [0.25, 0.3) is 16.6 Å². The van der Waals surface area contributed by atoms with E-state index in [2.05, 4.69) is 13.8 Å². The summed E-state index contributed by atoms with van der Waals surface area (Å²) in [5.41, 5.74) is 0.813. The fraction of sp³-hybridized carbons (Fsp3) is 0.300. The molecule has 1 unspecified atom stereocenters. The molecule has 0 radical (unpaired) electrons. The number of nitro benzene ring substituents is 1. The number of methoxy groups -OCH3 is 1. The van der Waals surface area contributed by atoms with Gasteiger partial charge >= 0.3 is 0 Å². The Kier molecular flexibility index (Phi) is 8.39. The molecule has 0 N–H and O–H groups in total. The largest absolute Gasteiger partial charge is 0.495 e. The van der Waals surface area contributed by atoms with Crippen molar-refractivity contribution in [1.82, 2.24) is 14.5 Å². The molecule has 0 aliphatic rings. The van der Waals surface area contributed by atoms with E-state index in [0.717, 1.165) is 0 Å². The summed E-state index contributed by atoms with van der Waals surface area (Å²) < 4.78 is 7.12. The highest BCUT2D eigenvalue weighted by atomic mass is 16.6.